The summed E-state index contributed by atoms with van der Waals surface area (Å²) >= 11 is 0. The van der Waals surface area contributed by atoms with E-state index in [-0.39, 0.29) is 5.69 Å². The highest BCUT2D eigenvalue weighted by atomic mass is 16.1. The van der Waals surface area contributed by atoms with Gasteiger partial charge in [0.2, 0.25) is 0 Å². The molecule has 8 rings (SSSR count). The molecule has 0 fully saturated rings. The predicted molar refractivity (Wildman–Crippen MR) is 192 cm³/mol. The van der Waals surface area contributed by atoms with Crippen LogP contribution < -0.4 is 5.69 Å². The summed E-state index contributed by atoms with van der Waals surface area (Å²) in [6.45, 7) is 0. The van der Waals surface area contributed by atoms with Crippen molar-refractivity contribution in [3.8, 4) is 39.1 Å². The van der Waals surface area contributed by atoms with Crippen LogP contribution >= 0.6 is 0 Å². The predicted octanol–water partition coefficient (Wildman–Crippen LogP) is 10.5. The maximum absolute atomic E-state index is 14.3. The molecule has 0 N–H and O–H groups in total. The highest BCUT2D eigenvalue weighted by molar-refractivity contribution is 5.87. The first kappa shape index (κ1) is 27.6. The number of allylic oxidation sites excluding steroid dienone is 4. The van der Waals surface area contributed by atoms with Crippen LogP contribution in [0.2, 0.25) is 0 Å². The van der Waals surface area contributed by atoms with Gasteiger partial charge in [-0.25, -0.2) is 4.79 Å². The van der Waals surface area contributed by atoms with Gasteiger partial charge in [0.1, 0.15) is 0 Å². The summed E-state index contributed by atoms with van der Waals surface area (Å²) in [5.41, 5.74) is 12.9. The number of benzene rings is 6. The van der Waals surface area contributed by atoms with E-state index in [1.807, 2.05) is 57.7 Å². The summed E-state index contributed by atoms with van der Waals surface area (Å²) < 4.78 is 3.76. The van der Waals surface area contributed by atoms with Gasteiger partial charge in [0, 0.05) is 5.70 Å². The molecule has 46 heavy (non-hydrogen) atoms. The van der Waals surface area contributed by atoms with Crippen LogP contribution in [0, 0.1) is 0 Å². The van der Waals surface area contributed by atoms with Crippen LogP contribution in [0.15, 0.2) is 175 Å². The molecule has 1 aliphatic rings. The Bertz CT molecular complexity index is 2290. The van der Waals surface area contributed by atoms with Gasteiger partial charge < -0.3 is 0 Å². The van der Waals surface area contributed by atoms with Crippen molar-refractivity contribution in [2.45, 2.75) is 12.8 Å². The number of fused-ring (bicyclic) bond motifs is 1. The van der Waals surface area contributed by atoms with Crippen molar-refractivity contribution in [3.05, 3.63) is 186 Å². The Hall–Kier alpha value is -5.93. The lowest BCUT2D eigenvalue weighted by Gasteiger charge is -2.16. The van der Waals surface area contributed by atoms with Gasteiger partial charge in [-0.05, 0) is 87.7 Å². The van der Waals surface area contributed by atoms with Crippen molar-refractivity contribution in [1.82, 2.24) is 9.13 Å². The van der Waals surface area contributed by atoms with Crippen molar-refractivity contribution in [1.29, 1.82) is 0 Å². The van der Waals surface area contributed by atoms with Crippen LogP contribution in [0.3, 0.4) is 0 Å². The first-order valence-corrected chi connectivity index (χ1v) is 15.8. The van der Waals surface area contributed by atoms with E-state index in [4.69, 9.17) is 0 Å². The van der Waals surface area contributed by atoms with E-state index >= 15 is 0 Å². The Kier molecular flexibility index (Phi) is 7.12. The Morgan fingerprint density at radius 1 is 0.435 bits per heavy atom. The second-order valence-electron chi connectivity index (χ2n) is 11.7. The molecule has 3 heteroatoms. The molecule has 0 saturated heterocycles. The van der Waals surface area contributed by atoms with E-state index in [2.05, 4.69) is 121 Å². The summed E-state index contributed by atoms with van der Waals surface area (Å²) in [5, 5.41) is 0. The average Bonchev–Trinajstić information content (AvgIpc) is 3.44. The van der Waals surface area contributed by atoms with E-state index < -0.39 is 0 Å². The van der Waals surface area contributed by atoms with Gasteiger partial charge in [-0.1, -0.05) is 140 Å². The van der Waals surface area contributed by atoms with E-state index in [0.717, 1.165) is 57.5 Å². The van der Waals surface area contributed by atoms with Crippen molar-refractivity contribution in [3.63, 3.8) is 0 Å². The number of hydrogen-bond acceptors (Lipinski definition) is 1. The minimum Gasteiger partial charge on any atom is -0.264 e. The maximum atomic E-state index is 14.3. The topological polar surface area (TPSA) is 26.9 Å². The van der Waals surface area contributed by atoms with Crippen molar-refractivity contribution in [2.24, 2.45) is 0 Å². The summed E-state index contributed by atoms with van der Waals surface area (Å²) in [5.74, 6) is 0. The molecule has 1 aliphatic carbocycles. The first-order valence-electron chi connectivity index (χ1n) is 15.8. The smallest absolute Gasteiger partial charge is 0.264 e. The third kappa shape index (κ3) is 5.12. The van der Waals surface area contributed by atoms with Crippen LogP contribution in [0.4, 0.5) is 0 Å². The molecule has 0 atom stereocenters. The molecule has 0 bridgehead atoms. The van der Waals surface area contributed by atoms with Gasteiger partial charge in [-0.15, -0.1) is 0 Å². The number of nitrogens with zero attached hydrogens (tertiary/aromatic N) is 2. The zero-order valence-corrected chi connectivity index (χ0v) is 25.4. The quantitative estimate of drug-likeness (QED) is 0.189. The van der Waals surface area contributed by atoms with Crippen LogP contribution in [0.5, 0.6) is 0 Å². The molecule has 0 spiro atoms. The van der Waals surface area contributed by atoms with Gasteiger partial charge in [-0.2, -0.15) is 0 Å². The van der Waals surface area contributed by atoms with Gasteiger partial charge in [0.15, 0.2) is 0 Å². The lowest BCUT2D eigenvalue weighted by Crippen LogP contribution is -2.23. The van der Waals surface area contributed by atoms with Crippen LogP contribution in [-0.2, 0) is 0 Å². The molecular formula is C43H32N2O. The highest BCUT2D eigenvalue weighted by Gasteiger charge is 2.19. The third-order valence-electron chi connectivity index (χ3n) is 8.88. The van der Waals surface area contributed by atoms with Crippen molar-refractivity contribution >= 4 is 22.3 Å². The molecule has 1 aromatic heterocycles. The summed E-state index contributed by atoms with van der Waals surface area (Å²) in [7, 11) is 0. The Balaban J connectivity index is 1.15. The average molecular weight is 593 g/mol. The first-order chi connectivity index (χ1) is 22.7. The minimum atomic E-state index is -0.0512. The van der Waals surface area contributed by atoms with E-state index in [9.17, 15) is 4.79 Å². The largest absolute Gasteiger partial charge is 0.338 e. The second-order valence-corrected chi connectivity index (χ2v) is 11.7. The molecule has 0 amide bonds. The summed E-state index contributed by atoms with van der Waals surface area (Å²) in [4.78, 5) is 14.3. The SMILES string of the molecule is O=c1n(C2=CC(c3ccc(-c4ccccc4)cc3)=CCC2)c2ccccc2n1-c1cccc(-c2ccc(-c3ccccc3)cc2)c1. The molecule has 0 aliphatic heterocycles. The molecule has 3 nitrogen and oxygen atoms in total. The Morgan fingerprint density at radius 3 is 1.52 bits per heavy atom. The van der Waals surface area contributed by atoms with Crippen LogP contribution in [-0.4, -0.2) is 9.13 Å². The third-order valence-corrected chi connectivity index (χ3v) is 8.88. The molecule has 0 unspecified atom stereocenters. The number of imidazole rings is 1. The molecule has 220 valence electrons. The number of para-hydroxylation sites is 2. The lowest BCUT2D eigenvalue weighted by molar-refractivity contribution is 0.890. The van der Waals surface area contributed by atoms with E-state index in [1.54, 1.807) is 0 Å². The zero-order chi connectivity index (χ0) is 30.9. The number of hydrogen-bond donors (Lipinski definition) is 0. The molecule has 0 radical (unpaired) electrons. The van der Waals surface area contributed by atoms with E-state index in [1.165, 1.54) is 22.3 Å². The summed E-state index contributed by atoms with van der Waals surface area (Å²) in [6.07, 6.45) is 6.14. The molecule has 1 heterocycles. The fourth-order valence-corrected chi connectivity index (χ4v) is 6.54. The number of rotatable bonds is 6. The maximum Gasteiger partial charge on any atom is 0.338 e. The molecule has 6 aromatic carbocycles. The molecular weight excluding hydrogens is 560 g/mol. The van der Waals surface area contributed by atoms with Gasteiger partial charge >= 0.3 is 5.69 Å². The van der Waals surface area contributed by atoms with Gasteiger partial charge in [0.25, 0.3) is 0 Å². The monoisotopic (exact) mass is 592 g/mol. The fraction of sp³-hybridized carbons (Fsp3) is 0.0465. The van der Waals surface area contributed by atoms with Crippen molar-refractivity contribution in [2.75, 3.05) is 0 Å². The lowest BCUT2D eigenvalue weighted by atomic mass is 9.95. The second kappa shape index (κ2) is 11.9. The van der Waals surface area contributed by atoms with E-state index in [0.29, 0.717) is 0 Å². The van der Waals surface area contributed by atoms with Gasteiger partial charge in [0.05, 0.1) is 16.7 Å². The summed E-state index contributed by atoms with van der Waals surface area (Å²) in [6, 6.07) is 54.5. The highest BCUT2D eigenvalue weighted by Crippen LogP contribution is 2.32. The normalized spacial score (nSPS) is 13.0. The number of aromatic nitrogens is 2. The molecule has 0 saturated carbocycles. The minimum absolute atomic E-state index is 0.0512. The van der Waals surface area contributed by atoms with Gasteiger partial charge in [-0.3, -0.25) is 9.13 Å². The zero-order valence-electron chi connectivity index (χ0n) is 25.4. The Labute approximate surface area is 268 Å². The molecule has 7 aromatic rings. The van der Waals surface area contributed by atoms with Crippen LogP contribution in [0.25, 0.3) is 61.4 Å². The van der Waals surface area contributed by atoms with Crippen LogP contribution in [0.1, 0.15) is 18.4 Å². The van der Waals surface area contributed by atoms with Crippen molar-refractivity contribution < 1.29 is 0 Å². The fourth-order valence-electron chi connectivity index (χ4n) is 6.54. The standard InChI is InChI=1S/C43H32N2O/c46-43-44(39-17-9-15-37(29-39)35-25-21-33(22-26-35)31-11-3-1-4-12-31)41-19-7-8-20-42(41)45(43)40-18-10-16-38(30-40)36-27-23-34(24-28-36)32-13-5-2-6-14-32/h1-9,11-17,19-30H,10,18H2. The Morgan fingerprint density at radius 2 is 0.913 bits per heavy atom.